The quantitative estimate of drug-likeness (QED) is 0.715. The van der Waals surface area contributed by atoms with Crippen molar-refractivity contribution in [2.24, 2.45) is 0 Å². The van der Waals surface area contributed by atoms with Crippen molar-refractivity contribution >= 4 is 11.6 Å². The van der Waals surface area contributed by atoms with Crippen molar-refractivity contribution in [2.75, 3.05) is 11.4 Å². The van der Waals surface area contributed by atoms with Gasteiger partial charge in [-0.15, -0.1) is 0 Å². The number of nitriles is 1. The maximum absolute atomic E-state index is 13.6. The first kappa shape index (κ1) is 16.0. The number of aromatic nitrogens is 2. The summed E-state index contributed by atoms with van der Waals surface area (Å²) in [7, 11) is 0. The second-order valence-corrected chi connectivity index (χ2v) is 6.19. The number of rotatable bonds is 2. The van der Waals surface area contributed by atoms with E-state index in [0.29, 0.717) is 12.1 Å². The zero-order chi connectivity index (χ0) is 18.1. The molecule has 0 N–H and O–H groups in total. The lowest BCUT2D eigenvalue weighted by Gasteiger charge is -2.34. The third-order valence-corrected chi connectivity index (χ3v) is 4.61. The van der Waals surface area contributed by atoms with Crippen molar-refractivity contribution < 1.29 is 9.18 Å². The van der Waals surface area contributed by atoms with Crippen LogP contribution in [0.25, 0.3) is 0 Å². The van der Waals surface area contributed by atoms with Gasteiger partial charge in [0.2, 0.25) is 0 Å². The SMILES string of the molecule is N#Cc1cc(C(=O)N2C[C@@H](n3cccn3)Cc3ccccc32)ccc1F. The van der Waals surface area contributed by atoms with Crippen molar-refractivity contribution in [3.63, 3.8) is 0 Å². The van der Waals surface area contributed by atoms with Crippen LogP contribution in [0.4, 0.5) is 10.1 Å². The van der Waals surface area contributed by atoms with Crippen LogP contribution in [0.15, 0.2) is 60.9 Å². The van der Waals surface area contributed by atoms with Gasteiger partial charge in [0.1, 0.15) is 11.9 Å². The van der Waals surface area contributed by atoms with Gasteiger partial charge in [-0.3, -0.25) is 9.48 Å². The van der Waals surface area contributed by atoms with Crippen LogP contribution in [0.5, 0.6) is 0 Å². The van der Waals surface area contributed by atoms with Crippen molar-refractivity contribution in [1.29, 1.82) is 5.26 Å². The number of halogens is 1. The molecule has 0 bridgehead atoms. The van der Waals surface area contributed by atoms with Crippen molar-refractivity contribution in [3.8, 4) is 6.07 Å². The number of amides is 1. The Morgan fingerprint density at radius 2 is 2.08 bits per heavy atom. The van der Waals surface area contributed by atoms with E-state index in [1.54, 1.807) is 17.2 Å². The number of carbonyl (C=O) groups is 1. The van der Waals surface area contributed by atoms with Gasteiger partial charge < -0.3 is 4.90 Å². The number of fused-ring (bicyclic) bond motifs is 1. The molecule has 4 rings (SSSR count). The van der Waals surface area contributed by atoms with Crippen LogP contribution in [0.1, 0.15) is 27.5 Å². The Morgan fingerprint density at radius 3 is 2.85 bits per heavy atom. The highest BCUT2D eigenvalue weighted by Gasteiger charge is 2.30. The van der Waals surface area contributed by atoms with E-state index in [-0.39, 0.29) is 17.5 Å². The first-order valence-corrected chi connectivity index (χ1v) is 8.26. The number of hydrogen-bond acceptors (Lipinski definition) is 3. The summed E-state index contributed by atoms with van der Waals surface area (Å²) in [5.74, 6) is -0.886. The molecule has 3 aromatic rings. The second kappa shape index (κ2) is 6.45. The molecule has 0 spiro atoms. The highest BCUT2D eigenvalue weighted by Crippen LogP contribution is 2.32. The van der Waals surface area contributed by atoms with Crippen LogP contribution in [-0.4, -0.2) is 22.2 Å². The van der Waals surface area contributed by atoms with E-state index in [4.69, 9.17) is 5.26 Å². The minimum atomic E-state index is -0.627. The van der Waals surface area contributed by atoms with Gasteiger partial charge in [-0.05, 0) is 42.3 Å². The van der Waals surface area contributed by atoms with Gasteiger partial charge in [-0.2, -0.15) is 10.4 Å². The summed E-state index contributed by atoms with van der Waals surface area (Å²) in [5, 5.41) is 13.3. The van der Waals surface area contributed by atoms with Crippen molar-refractivity contribution in [3.05, 3.63) is 83.4 Å². The standard InChI is InChI=1S/C20H15FN4O/c21-18-7-6-15(10-16(18)12-22)20(26)24-13-17(25-9-3-8-23-25)11-14-4-1-2-5-19(14)24/h1-10,17H,11,13H2/t17-/m0/s1. The molecule has 1 amide bonds. The molecule has 26 heavy (non-hydrogen) atoms. The fraction of sp³-hybridized carbons (Fsp3) is 0.150. The number of nitrogens with zero attached hydrogens (tertiary/aromatic N) is 4. The molecule has 1 aliphatic heterocycles. The molecule has 0 fully saturated rings. The van der Waals surface area contributed by atoms with Crippen LogP contribution >= 0.6 is 0 Å². The van der Waals surface area contributed by atoms with Gasteiger partial charge in [0.25, 0.3) is 5.91 Å². The zero-order valence-corrected chi connectivity index (χ0v) is 13.8. The Morgan fingerprint density at radius 1 is 1.23 bits per heavy atom. The van der Waals surface area contributed by atoms with Gasteiger partial charge >= 0.3 is 0 Å². The van der Waals surface area contributed by atoms with Crippen LogP contribution in [0.3, 0.4) is 0 Å². The molecule has 6 heteroatoms. The van der Waals surface area contributed by atoms with Gasteiger partial charge in [0, 0.05) is 30.2 Å². The fourth-order valence-electron chi connectivity index (χ4n) is 3.34. The molecular weight excluding hydrogens is 331 g/mol. The molecular formula is C20H15FN4O. The molecule has 1 aliphatic rings. The highest BCUT2D eigenvalue weighted by molar-refractivity contribution is 6.07. The number of carbonyl (C=O) groups excluding carboxylic acids is 1. The molecule has 0 radical (unpaired) electrons. The summed E-state index contributed by atoms with van der Waals surface area (Å²) in [6, 6.07) is 15.3. The topological polar surface area (TPSA) is 61.9 Å². The molecule has 0 aliphatic carbocycles. The van der Waals surface area contributed by atoms with E-state index in [0.717, 1.165) is 23.7 Å². The normalized spacial score (nSPS) is 16.0. The number of anilines is 1. The van der Waals surface area contributed by atoms with Crippen molar-refractivity contribution in [1.82, 2.24) is 9.78 Å². The first-order valence-electron chi connectivity index (χ1n) is 8.26. The van der Waals surface area contributed by atoms with E-state index < -0.39 is 5.82 Å². The average molecular weight is 346 g/mol. The van der Waals surface area contributed by atoms with Gasteiger partial charge in [-0.1, -0.05) is 18.2 Å². The Kier molecular flexibility index (Phi) is 3.98. The predicted octanol–water partition coefficient (Wildman–Crippen LogP) is 3.34. The summed E-state index contributed by atoms with van der Waals surface area (Å²) < 4.78 is 15.5. The van der Waals surface area contributed by atoms with Crippen molar-refractivity contribution in [2.45, 2.75) is 12.5 Å². The minimum Gasteiger partial charge on any atom is -0.306 e. The summed E-state index contributed by atoms with van der Waals surface area (Å²) in [5.41, 5.74) is 2.04. The molecule has 1 aromatic heterocycles. The number of benzene rings is 2. The lowest BCUT2D eigenvalue weighted by atomic mass is 9.97. The summed E-state index contributed by atoms with van der Waals surface area (Å²) >= 11 is 0. The van der Waals surface area contributed by atoms with Gasteiger partial charge in [-0.25, -0.2) is 4.39 Å². The van der Waals surface area contributed by atoms with Gasteiger partial charge in [0.15, 0.2) is 0 Å². The molecule has 2 heterocycles. The molecule has 0 saturated carbocycles. The summed E-state index contributed by atoms with van der Waals surface area (Å²) in [6.45, 7) is 0.455. The highest BCUT2D eigenvalue weighted by atomic mass is 19.1. The van der Waals surface area contributed by atoms with E-state index in [1.807, 2.05) is 41.2 Å². The summed E-state index contributed by atoms with van der Waals surface area (Å²) in [4.78, 5) is 14.8. The first-order chi connectivity index (χ1) is 12.7. The van der Waals surface area contributed by atoms with Gasteiger partial charge in [0.05, 0.1) is 11.6 Å². The van der Waals surface area contributed by atoms with Crippen LogP contribution < -0.4 is 4.90 Å². The Labute approximate surface area is 149 Å². The molecule has 0 unspecified atom stereocenters. The number of para-hydroxylation sites is 1. The maximum Gasteiger partial charge on any atom is 0.258 e. The third-order valence-electron chi connectivity index (χ3n) is 4.61. The third kappa shape index (κ3) is 2.74. The Bertz CT molecular complexity index is 1010. The molecule has 5 nitrogen and oxygen atoms in total. The smallest absolute Gasteiger partial charge is 0.258 e. The molecule has 1 atom stereocenters. The Balaban J connectivity index is 1.74. The number of hydrogen-bond donors (Lipinski definition) is 0. The monoisotopic (exact) mass is 346 g/mol. The zero-order valence-electron chi connectivity index (χ0n) is 13.8. The molecule has 128 valence electrons. The van der Waals surface area contributed by atoms with Crippen LogP contribution in [0, 0.1) is 17.1 Å². The van der Waals surface area contributed by atoms with E-state index in [2.05, 4.69) is 5.10 Å². The largest absolute Gasteiger partial charge is 0.306 e. The summed E-state index contributed by atoms with van der Waals surface area (Å²) in [6.07, 6.45) is 4.37. The minimum absolute atomic E-state index is 0.0136. The van der Waals surface area contributed by atoms with Crippen LogP contribution in [0.2, 0.25) is 0 Å². The predicted molar refractivity (Wildman–Crippen MR) is 94.2 cm³/mol. The average Bonchev–Trinajstić information content (AvgIpc) is 3.22. The lowest BCUT2D eigenvalue weighted by molar-refractivity contribution is 0.0980. The van der Waals surface area contributed by atoms with E-state index in [1.165, 1.54) is 12.1 Å². The van der Waals surface area contributed by atoms with E-state index >= 15 is 0 Å². The fourth-order valence-corrected chi connectivity index (χ4v) is 3.34. The molecule has 2 aromatic carbocycles. The molecule has 0 saturated heterocycles. The van der Waals surface area contributed by atoms with Crippen LogP contribution in [-0.2, 0) is 6.42 Å². The lowest BCUT2D eigenvalue weighted by Crippen LogP contribution is -2.41. The Hall–Kier alpha value is -3.46. The maximum atomic E-state index is 13.6. The van der Waals surface area contributed by atoms with E-state index in [9.17, 15) is 9.18 Å². The second-order valence-electron chi connectivity index (χ2n) is 6.19.